The van der Waals surface area contributed by atoms with E-state index in [0.717, 1.165) is 30.3 Å². The molecule has 0 aromatic carbocycles. The summed E-state index contributed by atoms with van der Waals surface area (Å²) in [6, 6.07) is 4.27. The molecule has 1 unspecified atom stereocenters. The van der Waals surface area contributed by atoms with E-state index in [0.29, 0.717) is 30.5 Å². The molecule has 1 aliphatic carbocycles. The quantitative estimate of drug-likeness (QED) is 0.612. The van der Waals surface area contributed by atoms with Gasteiger partial charge >= 0.3 is 0 Å². The summed E-state index contributed by atoms with van der Waals surface area (Å²) in [4.78, 5) is 16.6. The van der Waals surface area contributed by atoms with Crippen LogP contribution in [0.25, 0.3) is 11.0 Å². The van der Waals surface area contributed by atoms with E-state index in [9.17, 15) is 0 Å². The maximum Gasteiger partial charge on any atom is 0.226 e. The van der Waals surface area contributed by atoms with Crippen LogP contribution < -0.4 is 15.4 Å². The first-order valence-corrected chi connectivity index (χ1v) is 8.81. The van der Waals surface area contributed by atoms with Crippen molar-refractivity contribution in [3.63, 3.8) is 0 Å². The Morgan fingerprint density at radius 2 is 2.28 bits per heavy atom. The van der Waals surface area contributed by atoms with Crippen LogP contribution in [0.2, 0.25) is 5.28 Å². The van der Waals surface area contributed by atoms with Gasteiger partial charge in [-0.15, -0.1) is 0 Å². The fourth-order valence-electron chi connectivity index (χ4n) is 3.64. The molecule has 0 amide bonds. The van der Waals surface area contributed by atoms with Crippen molar-refractivity contribution in [2.75, 3.05) is 23.8 Å². The average Bonchev–Trinajstić information content (AvgIpc) is 3.00. The first-order chi connectivity index (χ1) is 12.3. The molecule has 0 bridgehead atoms. The third-order valence-electron chi connectivity index (χ3n) is 4.76. The molecule has 3 aromatic rings. The zero-order valence-corrected chi connectivity index (χ0v) is 14.2. The Kier molecular flexibility index (Phi) is 3.41. The van der Waals surface area contributed by atoms with Crippen molar-refractivity contribution in [3.8, 4) is 5.75 Å². The number of aryl methyl sites for hydroxylation is 1. The molecular weight excluding hydrogens is 340 g/mol. The van der Waals surface area contributed by atoms with Crippen molar-refractivity contribution in [2.24, 2.45) is 0 Å². The number of hydrogen-bond acceptors (Lipinski definition) is 6. The van der Waals surface area contributed by atoms with Gasteiger partial charge in [-0.3, -0.25) is 4.98 Å². The zero-order valence-electron chi connectivity index (χ0n) is 13.5. The third kappa shape index (κ3) is 2.55. The van der Waals surface area contributed by atoms with E-state index in [2.05, 4.69) is 36.6 Å². The molecule has 0 saturated carbocycles. The molecule has 8 heteroatoms. The average molecular weight is 357 g/mol. The molecule has 3 aromatic heterocycles. The van der Waals surface area contributed by atoms with Gasteiger partial charge in [0.25, 0.3) is 0 Å². The molecular formula is C17H17ClN6O. The minimum atomic E-state index is 0.213. The number of rotatable bonds is 2. The van der Waals surface area contributed by atoms with E-state index in [1.807, 2.05) is 12.3 Å². The van der Waals surface area contributed by atoms with Crippen molar-refractivity contribution in [1.82, 2.24) is 19.9 Å². The van der Waals surface area contributed by atoms with E-state index in [1.54, 1.807) is 0 Å². The number of nitrogens with one attached hydrogen (secondary N) is 3. The highest BCUT2D eigenvalue weighted by Gasteiger charge is 2.26. The summed E-state index contributed by atoms with van der Waals surface area (Å²) in [5, 5.41) is 6.92. The van der Waals surface area contributed by atoms with Crippen LogP contribution in [0.15, 0.2) is 18.3 Å². The summed E-state index contributed by atoms with van der Waals surface area (Å²) >= 11 is 6.07. The molecule has 4 heterocycles. The summed E-state index contributed by atoms with van der Waals surface area (Å²) in [6.07, 6.45) is 4.71. The monoisotopic (exact) mass is 356 g/mol. The number of ether oxygens (including phenoxy) is 1. The molecule has 2 aliphatic rings. The maximum absolute atomic E-state index is 6.07. The van der Waals surface area contributed by atoms with E-state index in [-0.39, 0.29) is 11.3 Å². The summed E-state index contributed by atoms with van der Waals surface area (Å²) in [7, 11) is 0. The number of anilines is 2. The number of fused-ring (bicyclic) bond motifs is 4. The van der Waals surface area contributed by atoms with Crippen LogP contribution in [0.5, 0.6) is 5.75 Å². The van der Waals surface area contributed by atoms with E-state index in [4.69, 9.17) is 16.3 Å². The molecule has 1 atom stereocenters. The van der Waals surface area contributed by atoms with Gasteiger partial charge in [0.05, 0.1) is 17.6 Å². The van der Waals surface area contributed by atoms with Crippen LogP contribution in [-0.4, -0.2) is 39.1 Å². The van der Waals surface area contributed by atoms with Gasteiger partial charge in [-0.25, -0.2) is 0 Å². The van der Waals surface area contributed by atoms with Crippen molar-refractivity contribution >= 4 is 34.3 Å². The SMILES string of the molecule is Clc1nc2c(c(NC3CCc4[nH]c5cccnc5c4C3)n1)OCCN2. The van der Waals surface area contributed by atoms with Crippen LogP contribution in [0.3, 0.4) is 0 Å². The van der Waals surface area contributed by atoms with Crippen molar-refractivity contribution < 1.29 is 4.74 Å². The van der Waals surface area contributed by atoms with E-state index < -0.39 is 0 Å². The second-order valence-corrected chi connectivity index (χ2v) is 6.70. The lowest BCUT2D eigenvalue weighted by Crippen LogP contribution is -2.29. The molecule has 25 heavy (non-hydrogen) atoms. The van der Waals surface area contributed by atoms with Crippen LogP contribution in [0.1, 0.15) is 17.7 Å². The smallest absolute Gasteiger partial charge is 0.226 e. The Balaban J connectivity index is 1.45. The second-order valence-electron chi connectivity index (χ2n) is 6.36. The molecule has 0 saturated heterocycles. The van der Waals surface area contributed by atoms with Crippen LogP contribution in [0, 0.1) is 0 Å². The highest BCUT2D eigenvalue weighted by atomic mass is 35.5. The Morgan fingerprint density at radius 1 is 1.32 bits per heavy atom. The second kappa shape index (κ2) is 5.77. The topological polar surface area (TPSA) is 87.8 Å². The molecule has 3 N–H and O–H groups in total. The van der Waals surface area contributed by atoms with Gasteiger partial charge in [-0.05, 0) is 43.0 Å². The fourth-order valence-corrected chi connectivity index (χ4v) is 3.81. The third-order valence-corrected chi connectivity index (χ3v) is 4.93. The van der Waals surface area contributed by atoms with Crippen molar-refractivity contribution in [2.45, 2.75) is 25.3 Å². The lowest BCUT2D eigenvalue weighted by molar-refractivity contribution is 0.321. The molecule has 1 aliphatic heterocycles. The summed E-state index contributed by atoms with van der Waals surface area (Å²) in [6.45, 7) is 1.31. The first-order valence-electron chi connectivity index (χ1n) is 8.43. The van der Waals surface area contributed by atoms with Crippen molar-refractivity contribution in [3.05, 3.63) is 34.9 Å². The first kappa shape index (κ1) is 14.8. The molecule has 0 fully saturated rings. The minimum Gasteiger partial charge on any atom is -0.485 e. The standard InChI is InChI=1S/C17H17ClN6O/c18-17-23-15-14(25-7-6-20-15)16(24-17)21-9-3-4-11-10(8-9)13-12(22-11)2-1-5-19-13/h1-2,5,9,22H,3-4,6-8H2,(H2,20,21,23,24). The summed E-state index contributed by atoms with van der Waals surface area (Å²) < 4.78 is 5.75. The van der Waals surface area contributed by atoms with Gasteiger partial charge in [0.2, 0.25) is 11.0 Å². The van der Waals surface area contributed by atoms with Crippen LogP contribution in [-0.2, 0) is 12.8 Å². The summed E-state index contributed by atoms with van der Waals surface area (Å²) in [5.41, 5.74) is 4.73. The Hall–Kier alpha value is -2.54. The number of H-pyrrole nitrogens is 1. The Morgan fingerprint density at radius 3 is 3.24 bits per heavy atom. The van der Waals surface area contributed by atoms with E-state index in [1.165, 1.54) is 11.3 Å². The number of hydrogen-bond donors (Lipinski definition) is 3. The van der Waals surface area contributed by atoms with Gasteiger partial charge < -0.3 is 20.4 Å². The molecule has 128 valence electrons. The summed E-state index contributed by atoms with van der Waals surface area (Å²) in [5.74, 6) is 1.96. The highest BCUT2D eigenvalue weighted by Crippen LogP contribution is 2.35. The zero-order chi connectivity index (χ0) is 16.8. The number of halogens is 1. The molecule has 0 spiro atoms. The van der Waals surface area contributed by atoms with E-state index >= 15 is 0 Å². The Bertz CT molecular complexity index is 956. The predicted molar refractivity (Wildman–Crippen MR) is 96.6 cm³/mol. The largest absolute Gasteiger partial charge is 0.485 e. The lowest BCUT2D eigenvalue weighted by atomic mass is 9.92. The van der Waals surface area contributed by atoms with Crippen molar-refractivity contribution in [1.29, 1.82) is 0 Å². The number of pyridine rings is 1. The number of nitrogens with zero attached hydrogens (tertiary/aromatic N) is 3. The highest BCUT2D eigenvalue weighted by molar-refractivity contribution is 6.28. The van der Waals surface area contributed by atoms with Gasteiger partial charge in [0, 0.05) is 23.5 Å². The molecule has 7 nitrogen and oxygen atoms in total. The normalized spacial score (nSPS) is 18.8. The van der Waals surface area contributed by atoms with Crippen LogP contribution in [0.4, 0.5) is 11.6 Å². The number of aromatic nitrogens is 4. The molecule has 5 rings (SSSR count). The lowest BCUT2D eigenvalue weighted by Gasteiger charge is -2.26. The van der Waals surface area contributed by atoms with Gasteiger partial charge in [-0.1, -0.05) is 0 Å². The van der Waals surface area contributed by atoms with Gasteiger partial charge in [-0.2, -0.15) is 9.97 Å². The number of aromatic amines is 1. The fraction of sp³-hybridized carbons (Fsp3) is 0.353. The minimum absolute atomic E-state index is 0.213. The Labute approximate surface area is 149 Å². The molecule has 0 radical (unpaired) electrons. The maximum atomic E-state index is 6.07. The van der Waals surface area contributed by atoms with Crippen LogP contribution >= 0.6 is 11.6 Å². The van der Waals surface area contributed by atoms with Gasteiger partial charge in [0.15, 0.2) is 11.6 Å². The predicted octanol–water partition coefficient (Wildman–Crippen LogP) is 2.78. The van der Waals surface area contributed by atoms with Gasteiger partial charge in [0.1, 0.15) is 6.61 Å².